The van der Waals surface area contributed by atoms with E-state index in [0.717, 1.165) is 34.0 Å². The monoisotopic (exact) mass is 547 g/mol. The minimum absolute atomic E-state index is 0.0388. The number of pyridine rings is 1. The van der Waals surface area contributed by atoms with Gasteiger partial charge in [-0.15, -0.1) is 0 Å². The smallest absolute Gasteiger partial charge is 0.226 e. The van der Waals surface area contributed by atoms with Crippen LogP contribution in [0.3, 0.4) is 0 Å². The standard InChI is InChI=1S/C29H27ClFN5OS/c1-17(2)28(37)33-23-12-10-20(15-18(23)3)36-27(26(34-29(36)38)24-7-4-5-13-32-24)25-8-6-14-35(25)19-9-11-22(31)21(30)16-19/h4-17,26-27H,1-3H3,(H,33,37)(H,34,38). The highest BCUT2D eigenvalue weighted by molar-refractivity contribution is 7.80. The van der Waals surface area contributed by atoms with Gasteiger partial charge >= 0.3 is 0 Å². The van der Waals surface area contributed by atoms with Gasteiger partial charge in [0.05, 0.1) is 16.8 Å². The second kappa shape index (κ2) is 10.6. The summed E-state index contributed by atoms with van der Waals surface area (Å²) < 4.78 is 15.9. The number of aryl methyl sites for hydroxylation is 1. The maximum atomic E-state index is 13.9. The third-order valence-corrected chi connectivity index (χ3v) is 7.24. The second-order valence-electron chi connectivity index (χ2n) is 9.54. The van der Waals surface area contributed by atoms with Crippen LogP contribution in [0.4, 0.5) is 15.8 Å². The molecular weight excluding hydrogens is 521 g/mol. The van der Waals surface area contributed by atoms with Gasteiger partial charge in [0.15, 0.2) is 5.11 Å². The van der Waals surface area contributed by atoms with Gasteiger partial charge in [0.2, 0.25) is 5.91 Å². The minimum atomic E-state index is -0.471. The lowest BCUT2D eigenvalue weighted by atomic mass is 10.00. The quantitative estimate of drug-likeness (QED) is 0.262. The molecule has 1 fully saturated rings. The van der Waals surface area contributed by atoms with Gasteiger partial charge in [-0.05, 0) is 85.4 Å². The van der Waals surface area contributed by atoms with E-state index in [1.165, 1.54) is 6.07 Å². The van der Waals surface area contributed by atoms with Crippen molar-refractivity contribution < 1.29 is 9.18 Å². The Morgan fingerprint density at radius 3 is 2.58 bits per heavy atom. The van der Waals surface area contributed by atoms with Crippen molar-refractivity contribution in [2.24, 2.45) is 5.92 Å². The number of nitrogens with zero attached hydrogens (tertiary/aromatic N) is 3. The maximum absolute atomic E-state index is 13.9. The summed E-state index contributed by atoms with van der Waals surface area (Å²) in [5.74, 6) is -0.635. The van der Waals surface area contributed by atoms with Gasteiger partial charge in [-0.3, -0.25) is 9.78 Å². The number of amides is 1. The van der Waals surface area contributed by atoms with E-state index >= 15 is 0 Å². The number of rotatable bonds is 6. The average Bonchev–Trinajstić information content (AvgIpc) is 3.51. The number of benzene rings is 2. The van der Waals surface area contributed by atoms with Gasteiger partial charge in [0.1, 0.15) is 11.9 Å². The first-order valence-electron chi connectivity index (χ1n) is 12.3. The van der Waals surface area contributed by atoms with E-state index in [-0.39, 0.29) is 28.9 Å². The molecule has 0 bridgehead atoms. The third kappa shape index (κ3) is 4.89. The van der Waals surface area contributed by atoms with Crippen molar-refractivity contribution in [3.63, 3.8) is 0 Å². The number of hydrogen-bond acceptors (Lipinski definition) is 3. The molecule has 0 radical (unpaired) electrons. The molecule has 194 valence electrons. The summed E-state index contributed by atoms with van der Waals surface area (Å²) in [6, 6.07) is 19.7. The Morgan fingerprint density at radius 2 is 1.89 bits per heavy atom. The van der Waals surface area contributed by atoms with Crippen molar-refractivity contribution in [3.8, 4) is 5.69 Å². The number of anilines is 2. The molecule has 2 atom stereocenters. The number of halogens is 2. The Bertz CT molecular complexity index is 1510. The SMILES string of the molecule is Cc1cc(N2C(=S)NC(c3ccccn3)C2c2cccn2-c2ccc(F)c(Cl)c2)ccc1NC(=O)C(C)C. The minimum Gasteiger partial charge on any atom is -0.351 e. The third-order valence-electron chi connectivity index (χ3n) is 6.63. The Labute approximate surface area is 231 Å². The van der Waals surface area contributed by atoms with E-state index in [9.17, 15) is 9.18 Å². The lowest BCUT2D eigenvalue weighted by molar-refractivity contribution is -0.118. The molecule has 1 saturated heterocycles. The predicted octanol–water partition coefficient (Wildman–Crippen LogP) is 6.74. The molecule has 2 aromatic heterocycles. The van der Waals surface area contributed by atoms with Crippen LogP contribution >= 0.6 is 23.8 Å². The van der Waals surface area contributed by atoms with Crippen molar-refractivity contribution in [2.45, 2.75) is 32.9 Å². The molecule has 5 rings (SSSR count). The van der Waals surface area contributed by atoms with E-state index in [1.54, 1.807) is 18.3 Å². The van der Waals surface area contributed by atoms with Gasteiger partial charge in [0, 0.05) is 41.1 Å². The first-order chi connectivity index (χ1) is 18.2. The fourth-order valence-electron chi connectivity index (χ4n) is 4.65. The summed E-state index contributed by atoms with van der Waals surface area (Å²) in [5, 5.41) is 7.05. The number of carbonyl (C=O) groups is 1. The van der Waals surface area contributed by atoms with E-state index < -0.39 is 5.82 Å². The summed E-state index contributed by atoms with van der Waals surface area (Å²) in [6.45, 7) is 5.68. The highest BCUT2D eigenvalue weighted by atomic mass is 35.5. The lowest BCUT2D eigenvalue weighted by Crippen LogP contribution is -2.30. The van der Waals surface area contributed by atoms with Crippen LogP contribution in [0.5, 0.6) is 0 Å². The van der Waals surface area contributed by atoms with Gasteiger partial charge in [-0.1, -0.05) is 31.5 Å². The summed E-state index contributed by atoms with van der Waals surface area (Å²) in [6.07, 6.45) is 3.68. The molecule has 1 amide bonds. The zero-order valence-corrected chi connectivity index (χ0v) is 22.7. The number of aromatic nitrogens is 2. The van der Waals surface area contributed by atoms with Crippen molar-refractivity contribution >= 4 is 46.2 Å². The van der Waals surface area contributed by atoms with E-state index in [4.69, 9.17) is 23.8 Å². The molecule has 2 unspecified atom stereocenters. The van der Waals surface area contributed by atoms with E-state index in [1.807, 2.05) is 80.1 Å². The van der Waals surface area contributed by atoms with E-state index in [0.29, 0.717) is 5.11 Å². The zero-order valence-electron chi connectivity index (χ0n) is 21.2. The number of carbonyl (C=O) groups excluding carboxylic acids is 1. The van der Waals surface area contributed by atoms with Crippen molar-refractivity contribution in [3.05, 3.63) is 107 Å². The van der Waals surface area contributed by atoms with Crippen molar-refractivity contribution in [1.82, 2.24) is 14.9 Å². The molecule has 9 heteroatoms. The normalized spacial score (nSPS) is 17.1. The van der Waals surface area contributed by atoms with Crippen LogP contribution in [0.25, 0.3) is 5.69 Å². The van der Waals surface area contributed by atoms with Crippen molar-refractivity contribution in [2.75, 3.05) is 10.2 Å². The van der Waals surface area contributed by atoms with E-state index in [2.05, 4.69) is 20.5 Å². The molecular formula is C29H27ClFN5OS. The zero-order chi connectivity index (χ0) is 27.0. The molecule has 2 aromatic carbocycles. The molecule has 6 nitrogen and oxygen atoms in total. The largest absolute Gasteiger partial charge is 0.351 e. The fourth-order valence-corrected chi connectivity index (χ4v) is 5.17. The molecule has 3 heterocycles. The molecule has 38 heavy (non-hydrogen) atoms. The van der Waals surface area contributed by atoms with Crippen LogP contribution in [0.2, 0.25) is 5.02 Å². The first kappa shape index (κ1) is 25.9. The summed E-state index contributed by atoms with van der Waals surface area (Å²) in [7, 11) is 0. The molecule has 4 aromatic rings. The van der Waals surface area contributed by atoms with Crippen molar-refractivity contribution in [1.29, 1.82) is 0 Å². The topological polar surface area (TPSA) is 62.2 Å². The van der Waals surface area contributed by atoms with Gasteiger partial charge in [-0.2, -0.15) is 0 Å². The average molecular weight is 548 g/mol. The molecule has 0 spiro atoms. The first-order valence-corrected chi connectivity index (χ1v) is 13.1. The molecule has 2 N–H and O–H groups in total. The van der Waals surface area contributed by atoms with Gasteiger partial charge in [0.25, 0.3) is 0 Å². The summed E-state index contributed by atoms with van der Waals surface area (Å²) in [5.41, 5.74) is 5.04. The number of hydrogen-bond donors (Lipinski definition) is 2. The summed E-state index contributed by atoms with van der Waals surface area (Å²) >= 11 is 12.0. The van der Waals surface area contributed by atoms with Crippen LogP contribution < -0.4 is 15.5 Å². The molecule has 1 aliphatic heterocycles. The van der Waals surface area contributed by atoms with Crippen LogP contribution in [0.15, 0.2) is 79.1 Å². The Hall–Kier alpha value is -3.75. The Kier molecular flexibility index (Phi) is 7.19. The second-order valence-corrected chi connectivity index (χ2v) is 10.3. The van der Waals surface area contributed by atoms with Gasteiger partial charge < -0.3 is 20.1 Å². The fraction of sp³-hybridized carbons (Fsp3) is 0.207. The Morgan fingerprint density at radius 1 is 1.11 bits per heavy atom. The highest BCUT2D eigenvalue weighted by Gasteiger charge is 2.42. The molecule has 0 aliphatic carbocycles. The molecule has 0 saturated carbocycles. The van der Waals surface area contributed by atoms with Crippen LogP contribution in [0, 0.1) is 18.7 Å². The maximum Gasteiger partial charge on any atom is 0.226 e. The number of thiocarbonyl (C=S) groups is 1. The molecule has 1 aliphatic rings. The highest BCUT2D eigenvalue weighted by Crippen LogP contribution is 2.43. The Balaban J connectivity index is 1.61. The number of nitrogens with one attached hydrogen (secondary N) is 2. The van der Waals surface area contributed by atoms with Gasteiger partial charge in [-0.25, -0.2) is 4.39 Å². The lowest BCUT2D eigenvalue weighted by Gasteiger charge is -2.29. The predicted molar refractivity (Wildman–Crippen MR) is 153 cm³/mol. The van der Waals surface area contributed by atoms with Crippen LogP contribution in [0.1, 0.15) is 42.9 Å². The summed E-state index contributed by atoms with van der Waals surface area (Å²) in [4.78, 5) is 19.0. The van der Waals surface area contributed by atoms with Crippen LogP contribution in [-0.4, -0.2) is 20.6 Å². The van der Waals surface area contributed by atoms with Crippen LogP contribution in [-0.2, 0) is 4.79 Å².